The molecule has 7 heteroatoms. The maximum absolute atomic E-state index is 12.7. The Kier molecular flexibility index (Phi) is 6.05. The summed E-state index contributed by atoms with van der Waals surface area (Å²) in [6, 6.07) is 12.3. The summed E-state index contributed by atoms with van der Waals surface area (Å²) in [5.74, 6) is 0.683. The van der Waals surface area contributed by atoms with E-state index in [1.54, 1.807) is 23.1 Å². The lowest BCUT2D eigenvalue weighted by atomic mass is 10.0. The Bertz CT molecular complexity index is 970. The molecule has 0 saturated carbocycles. The number of fused-ring (bicyclic) bond motifs is 1. The molecule has 2 aromatic rings. The van der Waals surface area contributed by atoms with E-state index in [1.165, 1.54) is 6.92 Å². The van der Waals surface area contributed by atoms with Crippen LogP contribution in [0.1, 0.15) is 38.3 Å². The molecule has 3 rings (SSSR count). The number of carbonyl (C=O) groups excluding carboxylic acids is 1. The number of carbonyl (C=O) groups is 1. The smallest absolute Gasteiger partial charge is 0.240 e. The summed E-state index contributed by atoms with van der Waals surface area (Å²) in [6.45, 7) is 6.26. The maximum Gasteiger partial charge on any atom is 0.240 e. The normalized spacial score (nSPS) is 14.1. The molecule has 1 N–H and O–H groups in total. The lowest BCUT2D eigenvalue weighted by Gasteiger charge is -2.28. The lowest BCUT2D eigenvalue weighted by Crippen LogP contribution is -2.33. The molecule has 150 valence electrons. The van der Waals surface area contributed by atoms with Crippen LogP contribution in [0.4, 0.5) is 5.69 Å². The molecular formula is C21H26N2O4S. The predicted molar refractivity (Wildman–Crippen MR) is 109 cm³/mol. The second-order valence-electron chi connectivity index (χ2n) is 7.20. The predicted octanol–water partition coefficient (Wildman–Crippen LogP) is 3.25. The van der Waals surface area contributed by atoms with Gasteiger partial charge in [0.05, 0.1) is 11.0 Å². The van der Waals surface area contributed by atoms with Crippen molar-refractivity contribution in [3.05, 3.63) is 53.6 Å². The van der Waals surface area contributed by atoms with Gasteiger partial charge in [0.2, 0.25) is 15.9 Å². The molecule has 1 aliphatic heterocycles. The number of benzene rings is 2. The van der Waals surface area contributed by atoms with Crippen molar-refractivity contribution in [3.63, 3.8) is 0 Å². The highest BCUT2D eigenvalue weighted by Crippen LogP contribution is 2.29. The fraction of sp³-hybridized carbons (Fsp3) is 0.381. The minimum absolute atomic E-state index is 0.0295. The number of nitrogens with zero attached hydrogens (tertiary/aromatic N) is 1. The third kappa shape index (κ3) is 4.72. The summed E-state index contributed by atoms with van der Waals surface area (Å²) in [7, 11) is -3.66. The second-order valence-corrected chi connectivity index (χ2v) is 8.97. The molecule has 1 aliphatic rings. The van der Waals surface area contributed by atoms with E-state index in [-0.39, 0.29) is 23.5 Å². The van der Waals surface area contributed by atoms with Gasteiger partial charge in [-0.25, -0.2) is 13.1 Å². The highest BCUT2D eigenvalue weighted by Gasteiger charge is 2.23. The van der Waals surface area contributed by atoms with Crippen LogP contribution in [0.25, 0.3) is 0 Å². The molecule has 0 aliphatic carbocycles. The highest BCUT2D eigenvalue weighted by molar-refractivity contribution is 7.89. The summed E-state index contributed by atoms with van der Waals surface area (Å²) >= 11 is 0. The van der Waals surface area contributed by atoms with Gasteiger partial charge in [-0.15, -0.1) is 0 Å². The average Bonchev–Trinajstić information content (AvgIpc) is 2.65. The molecule has 0 unspecified atom stereocenters. The van der Waals surface area contributed by atoms with Gasteiger partial charge in [-0.2, -0.15) is 0 Å². The third-order valence-corrected chi connectivity index (χ3v) is 6.00. The first-order chi connectivity index (χ1) is 13.3. The van der Waals surface area contributed by atoms with Crippen molar-refractivity contribution >= 4 is 21.6 Å². The molecule has 6 nitrogen and oxygen atoms in total. The van der Waals surface area contributed by atoms with Crippen LogP contribution in [0.3, 0.4) is 0 Å². The van der Waals surface area contributed by atoms with E-state index in [1.807, 2.05) is 38.1 Å². The van der Waals surface area contributed by atoms with Crippen molar-refractivity contribution in [1.29, 1.82) is 0 Å². The summed E-state index contributed by atoms with van der Waals surface area (Å²) in [5.41, 5.74) is 2.51. The number of amides is 1. The molecule has 0 spiro atoms. The van der Waals surface area contributed by atoms with Gasteiger partial charge < -0.3 is 9.64 Å². The highest BCUT2D eigenvalue weighted by atomic mass is 32.2. The van der Waals surface area contributed by atoms with Crippen LogP contribution in [0, 0.1) is 0 Å². The van der Waals surface area contributed by atoms with Gasteiger partial charge in [-0.05, 0) is 68.1 Å². The molecular weight excluding hydrogens is 376 g/mol. The minimum Gasteiger partial charge on any atom is -0.491 e. The number of ether oxygens (including phenoxy) is 1. The van der Waals surface area contributed by atoms with E-state index in [4.69, 9.17) is 4.74 Å². The molecule has 0 atom stereocenters. The van der Waals surface area contributed by atoms with E-state index >= 15 is 0 Å². The van der Waals surface area contributed by atoms with Crippen LogP contribution in [0.15, 0.2) is 47.4 Å². The van der Waals surface area contributed by atoms with Crippen LogP contribution < -0.4 is 14.4 Å². The number of rotatable bonds is 6. The van der Waals surface area contributed by atoms with Crippen molar-refractivity contribution in [2.75, 3.05) is 11.4 Å². The molecule has 28 heavy (non-hydrogen) atoms. The van der Waals surface area contributed by atoms with Crippen molar-refractivity contribution in [1.82, 2.24) is 4.72 Å². The Morgan fingerprint density at radius 2 is 2.00 bits per heavy atom. The fourth-order valence-corrected chi connectivity index (χ4v) is 4.40. The topological polar surface area (TPSA) is 75.7 Å². The SMILES string of the molecule is CC(=O)N1CCCc2cc(S(=O)(=O)NCc3cccc(OC(C)C)c3)ccc21. The van der Waals surface area contributed by atoms with E-state index in [9.17, 15) is 13.2 Å². The molecule has 0 fully saturated rings. The summed E-state index contributed by atoms with van der Waals surface area (Å²) < 4.78 is 33.8. The van der Waals surface area contributed by atoms with Gasteiger partial charge in [0, 0.05) is 25.7 Å². The molecule has 0 radical (unpaired) electrons. The molecule has 0 bridgehead atoms. The molecule has 0 saturated heterocycles. The third-order valence-electron chi connectivity index (χ3n) is 4.60. The summed E-state index contributed by atoms with van der Waals surface area (Å²) in [4.78, 5) is 13.7. The van der Waals surface area contributed by atoms with Gasteiger partial charge >= 0.3 is 0 Å². The van der Waals surface area contributed by atoms with Crippen LogP contribution >= 0.6 is 0 Å². The van der Waals surface area contributed by atoms with E-state index in [0.717, 1.165) is 29.7 Å². The first-order valence-electron chi connectivity index (χ1n) is 9.42. The van der Waals surface area contributed by atoms with Crippen LogP contribution in [-0.4, -0.2) is 27.0 Å². The van der Waals surface area contributed by atoms with Crippen molar-refractivity contribution < 1.29 is 17.9 Å². The number of anilines is 1. The Morgan fingerprint density at radius 3 is 2.71 bits per heavy atom. The first-order valence-corrected chi connectivity index (χ1v) is 10.9. The quantitative estimate of drug-likeness (QED) is 0.805. The molecule has 0 aromatic heterocycles. The largest absolute Gasteiger partial charge is 0.491 e. The lowest BCUT2D eigenvalue weighted by molar-refractivity contribution is -0.116. The number of aryl methyl sites for hydroxylation is 1. The van der Waals surface area contributed by atoms with Gasteiger partial charge in [0.15, 0.2) is 0 Å². The Balaban J connectivity index is 1.76. The first kappa shape index (κ1) is 20.4. The maximum atomic E-state index is 12.7. The number of nitrogens with one attached hydrogen (secondary N) is 1. The van der Waals surface area contributed by atoms with Crippen LogP contribution in [-0.2, 0) is 27.8 Å². The van der Waals surface area contributed by atoms with Crippen molar-refractivity contribution in [3.8, 4) is 5.75 Å². The van der Waals surface area contributed by atoms with Crippen LogP contribution in [0.5, 0.6) is 5.75 Å². The number of hydrogen-bond acceptors (Lipinski definition) is 4. The molecule has 1 amide bonds. The molecule has 1 heterocycles. The number of hydrogen-bond donors (Lipinski definition) is 1. The summed E-state index contributed by atoms with van der Waals surface area (Å²) in [5, 5.41) is 0. The standard InChI is InChI=1S/C21H26N2O4S/c1-15(2)27-19-8-4-6-17(12-19)14-22-28(25,26)20-9-10-21-18(13-20)7-5-11-23(21)16(3)24/h4,6,8-10,12-13,15,22H,5,7,11,14H2,1-3H3. The fourth-order valence-electron chi connectivity index (χ4n) is 3.33. The monoisotopic (exact) mass is 402 g/mol. The van der Waals surface area contributed by atoms with Gasteiger partial charge in [0.25, 0.3) is 0 Å². The van der Waals surface area contributed by atoms with Gasteiger partial charge in [-0.1, -0.05) is 12.1 Å². The Labute approximate surface area is 166 Å². The second kappa shape index (κ2) is 8.32. The Morgan fingerprint density at radius 1 is 1.21 bits per heavy atom. The van der Waals surface area contributed by atoms with Gasteiger partial charge in [0.1, 0.15) is 5.75 Å². The van der Waals surface area contributed by atoms with Crippen LogP contribution in [0.2, 0.25) is 0 Å². The number of sulfonamides is 1. The van der Waals surface area contributed by atoms with Gasteiger partial charge in [-0.3, -0.25) is 4.79 Å². The zero-order valence-electron chi connectivity index (χ0n) is 16.4. The Hall–Kier alpha value is -2.38. The average molecular weight is 403 g/mol. The van der Waals surface area contributed by atoms with E-state index in [0.29, 0.717) is 12.3 Å². The van der Waals surface area contributed by atoms with E-state index in [2.05, 4.69) is 4.72 Å². The molecule has 2 aromatic carbocycles. The summed E-state index contributed by atoms with van der Waals surface area (Å²) in [6.07, 6.45) is 1.64. The zero-order valence-corrected chi connectivity index (χ0v) is 17.3. The van der Waals surface area contributed by atoms with Crippen molar-refractivity contribution in [2.45, 2.75) is 51.2 Å². The minimum atomic E-state index is -3.66. The van der Waals surface area contributed by atoms with Crippen molar-refractivity contribution in [2.24, 2.45) is 0 Å². The zero-order chi connectivity index (χ0) is 20.3. The van der Waals surface area contributed by atoms with E-state index < -0.39 is 10.0 Å².